The van der Waals surface area contributed by atoms with E-state index >= 15 is 0 Å². The Morgan fingerprint density at radius 3 is 2.65 bits per heavy atom. The van der Waals surface area contributed by atoms with Crippen LogP contribution in [0.1, 0.15) is 78.1 Å². The average molecular weight is 510 g/mol. The number of hydrogen-bond donors (Lipinski definition) is 1. The Morgan fingerprint density at radius 2 is 1.92 bits per heavy atom. The molecule has 0 bridgehead atoms. The molecule has 6 heteroatoms. The third kappa shape index (κ3) is 3.38. The minimum Gasteiger partial charge on any atom is -0.393 e. The van der Waals surface area contributed by atoms with Crippen LogP contribution in [0.3, 0.4) is 0 Å². The highest BCUT2D eigenvalue weighted by Crippen LogP contribution is 2.70. The standard InChI is InChI=1S/C31H43NO5/c1-29-12-11-21(33)15-20(29)9-10-22-23-16-26-31(25(35)18-32-13-6-14-32,30(23,2)17-24(34)27(22)29)37-28(36-26)19-7-4-3-5-8-19/h11-12,15,19,22-24,26-28,34H,3-10,13-14,16-18H2,1-2H3/t22-,23-,24-,26+,27+,28+,29-,30-,31+/m0/s1. The molecule has 0 radical (unpaired) electrons. The molecule has 1 N–H and O–H groups in total. The predicted molar refractivity (Wildman–Crippen MR) is 139 cm³/mol. The maximum atomic E-state index is 14.3. The van der Waals surface area contributed by atoms with Crippen LogP contribution >= 0.6 is 0 Å². The molecule has 2 saturated heterocycles. The van der Waals surface area contributed by atoms with E-state index in [-0.39, 0.29) is 47.1 Å². The van der Waals surface area contributed by atoms with E-state index in [0.717, 1.165) is 57.2 Å². The van der Waals surface area contributed by atoms with Crippen LogP contribution in [0.4, 0.5) is 0 Å². The van der Waals surface area contributed by atoms with Crippen molar-refractivity contribution in [1.29, 1.82) is 0 Å². The Kier molecular flexibility index (Phi) is 5.72. The van der Waals surface area contributed by atoms with Crippen molar-refractivity contribution in [3.05, 3.63) is 23.8 Å². The SMILES string of the molecule is C[C@]12C=CC(=O)C=C1CC[C@@H]1[C@@H]2[C@@H](O)C[C@@]2(C)[C@H]1C[C@H]1O[C@@H](C3CCCCC3)O[C@]12C(=O)CN1CCC1. The average Bonchev–Trinajstić information content (AvgIpc) is 3.35. The van der Waals surface area contributed by atoms with Crippen LogP contribution in [-0.2, 0) is 19.1 Å². The number of aliphatic hydroxyl groups is 1. The summed E-state index contributed by atoms with van der Waals surface area (Å²) in [7, 11) is 0. The second-order valence-electron chi connectivity index (χ2n) is 13.7. The first-order chi connectivity index (χ1) is 17.8. The third-order valence-electron chi connectivity index (χ3n) is 12.0. The lowest BCUT2D eigenvalue weighted by Crippen LogP contribution is -2.64. The summed E-state index contributed by atoms with van der Waals surface area (Å²) in [6, 6.07) is 0. The highest BCUT2D eigenvalue weighted by atomic mass is 16.7. The lowest BCUT2D eigenvalue weighted by molar-refractivity contribution is -0.209. The Hall–Kier alpha value is -1.34. The zero-order chi connectivity index (χ0) is 25.6. The van der Waals surface area contributed by atoms with Gasteiger partial charge < -0.3 is 14.6 Å². The predicted octanol–water partition coefficient (Wildman–Crippen LogP) is 4.21. The highest BCUT2D eigenvalue weighted by Gasteiger charge is 2.76. The lowest BCUT2D eigenvalue weighted by atomic mass is 9.46. The Bertz CT molecular complexity index is 1040. The van der Waals surface area contributed by atoms with Crippen molar-refractivity contribution in [1.82, 2.24) is 4.90 Å². The van der Waals surface area contributed by atoms with Gasteiger partial charge in [-0.3, -0.25) is 14.5 Å². The van der Waals surface area contributed by atoms with Crippen LogP contribution in [-0.4, -0.2) is 65.3 Å². The van der Waals surface area contributed by atoms with Crippen molar-refractivity contribution in [2.24, 2.45) is 34.5 Å². The molecule has 0 aromatic rings. The first-order valence-electron chi connectivity index (χ1n) is 15.0. The molecular formula is C31H43NO5. The van der Waals surface area contributed by atoms with Gasteiger partial charge in [0.2, 0.25) is 0 Å². The number of fused-ring (bicyclic) bond motifs is 7. The summed E-state index contributed by atoms with van der Waals surface area (Å²) in [6.45, 7) is 6.83. The molecule has 202 valence electrons. The monoisotopic (exact) mass is 509 g/mol. The Labute approximate surface area is 220 Å². The fourth-order valence-electron chi connectivity index (χ4n) is 10.1. The number of nitrogens with zero attached hydrogens (tertiary/aromatic N) is 1. The van der Waals surface area contributed by atoms with E-state index in [1.54, 1.807) is 12.2 Å². The van der Waals surface area contributed by atoms with Crippen molar-refractivity contribution >= 4 is 11.6 Å². The molecule has 2 heterocycles. The number of allylic oxidation sites excluding steroid dienone is 4. The molecule has 0 spiro atoms. The number of aliphatic hydroxyl groups excluding tert-OH is 1. The van der Waals surface area contributed by atoms with E-state index in [0.29, 0.717) is 18.9 Å². The molecule has 37 heavy (non-hydrogen) atoms. The van der Waals surface area contributed by atoms with Gasteiger partial charge in [-0.05, 0) is 82.0 Å². The summed E-state index contributed by atoms with van der Waals surface area (Å²) < 4.78 is 13.8. The fraction of sp³-hybridized carbons (Fsp3) is 0.806. The van der Waals surface area contributed by atoms with Crippen molar-refractivity contribution < 1.29 is 24.2 Å². The van der Waals surface area contributed by atoms with Gasteiger partial charge in [-0.15, -0.1) is 0 Å². The van der Waals surface area contributed by atoms with E-state index in [1.165, 1.54) is 19.3 Å². The molecule has 6 nitrogen and oxygen atoms in total. The maximum Gasteiger partial charge on any atom is 0.181 e. The summed E-state index contributed by atoms with van der Waals surface area (Å²) >= 11 is 0. The lowest BCUT2D eigenvalue weighted by Gasteiger charge is -2.60. The van der Waals surface area contributed by atoms with Gasteiger partial charge in [0.15, 0.2) is 23.5 Å². The summed E-state index contributed by atoms with van der Waals surface area (Å²) in [5, 5.41) is 11.9. The van der Waals surface area contributed by atoms with Crippen molar-refractivity contribution in [3.8, 4) is 0 Å². The maximum absolute atomic E-state index is 14.3. The number of ether oxygens (including phenoxy) is 2. The highest BCUT2D eigenvalue weighted by molar-refractivity contribution is 6.01. The van der Waals surface area contributed by atoms with E-state index < -0.39 is 17.1 Å². The smallest absolute Gasteiger partial charge is 0.181 e. The number of Topliss-reactive ketones (excluding diaryl/α,β-unsaturated/α-hetero) is 1. The Morgan fingerprint density at radius 1 is 1.14 bits per heavy atom. The summed E-state index contributed by atoms with van der Waals surface area (Å²) in [6.07, 6.45) is 14.7. The van der Waals surface area contributed by atoms with Gasteiger partial charge in [-0.2, -0.15) is 0 Å². The number of likely N-dealkylation sites (tertiary alicyclic amines) is 1. The molecule has 0 unspecified atom stereocenters. The number of hydrogen-bond acceptors (Lipinski definition) is 6. The van der Waals surface area contributed by atoms with E-state index in [1.807, 2.05) is 0 Å². The molecule has 2 aliphatic heterocycles. The Balaban J connectivity index is 1.25. The first-order valence-corrected chi connectivity index (χ1v) is 15.0. The van der Waals surface area contributed by atoms with Gasteiger partial charge in [-0.25, -0.2) is 0 Å². The minimum atomic E-state index is -0.975. The number of rotatable bonds is 4. The number of carbonyl (C=O) groups excluding carboxylic acids is 2. The first kappa shape index (κ1) is 24.7. The molecule has 0 aromatic carbocycles. The molecule has 7 rings (SSSR count). The van der Waals surface area contributed by atoms with E-state index in [9.17, 15) is 14.7 Å². The fourth-order valence-corrected chi connectivity index (χ4v) is 10.1. The van der Waals surface area contributed by atoms with Crippen LogP contribution in [0, 0.1) is 34.5 Å². The molecule has 6 fully saturated rings. The van der Waals surface area contributed by atoms with Crippen molar-refractivity contribution in [3.63, 3.8) is 0 Å². The third-order valence-corrected chi connectivity index (χ3v) is 12.0. The zero-order valence-electron chi connectivity index (χ0n) is 22.5. The van der Waals surface area contributed by atoms with Gasteiger partial charge in [0, 0.05) is 22.7 Å². The summed E-state index contributed by atoms with van der Waals surface area (Å²) in [4.78, 5) is 28.8. The molecule has 5 aliphatic carbocycles. The van der Waals surface area contributed by atoms with Crippen LogP contribution in [0.25, 0.3) is 0 Å². The molecule has 0 amide bonds. The number of carbonyl (C=O) groups is 2. The minimum absolute atomic E-state index is 0.0467. The topological polar surface area (TPSA) is 76.1 Å². The van der Waals surface area contributed by atoms with Crippen molar-refractivity contribution in [2.75, 3.05) is 19.6 Å². The van der Waals surface area contributed by atoms with Crippen LogP contribution in [0.5, 0.6) is 0 Å². The van der Waals surface area contributed by atoms with Crippen LogP contribution < -0.4 is 0 Å². The van der Waals surface area contributed by atoms with Crippen LogP contribution in [0.15, 0.2) is 23.8 Å². The summed E-state index contributed by atoms with van der Waals surface area (Å²) in [5.41, 5.74) is -0.585. The van der Waals surface area contributed by atoms with Crippen molar-refractivity contribution in [2.45, 2.75) is 102 Å². The largest absolute Gasteiger partial charge is 0.393 e. The molecule has 9 atom stereocenters. The summed E-state index contributed by atoms with van der Waals surface area (Å²) in [5.74, 6) is 1.17. The van der Waals surface area contributed by atoms with Gasteiger partial charge in [0.25, 0.3) is 0 Å². The number of ketones is 2. The molecular weight excluding hydrogens is 466 g/mol. The van der Waals surface area contributed by atoms with Gasteiger partial charge in [-0.1, -0.05) is 44.8 Å². The molecule has 7 aliphatic rings. The quantitative estimate of drug-likeness (QED) is 0.612. The van der Waals surface area contributed by atoms with Crippen LogP contribution in [0.2, 0.25) is 0 Å². The normalized spacial score (nSPS) is 49.5. The van der Waals surface area contributed by atoms with Gasteiger partial charge >= 0.3 is 0 Å². The van der Waals surface area contributed by atoms with E-state index in [4.69, 9.17) is 9.47 Å². The molecule has 4 saturated carbocycles. The second kappa shape index (κ2) is 8.58. The molecule has 0 aromatic heterocycles. The second-order valence-corrected chi connectivity index (χ2v) is 13.7. The van der Waals surface area contributed by atoms with E-state index in [2.05, 4.69) is 24.8 Å². The zero-order valence-corrected chi connectivity index (χ0v) is 22.5. The van der Waals surface area contributed by atoms with Gasteiger partial charge in [0.1, 0.15) is 0 Å². The van der Waals surface area contributed by atoms with Gasteiger partial charge in [0.05, 0.1) is 18.8 Å².